The molecule has 1 aromatic rings. The SMILES string of the molecule is CN(CCCOc1ccccc1)C(=O)C1(C)CCCCN1. The summed E-state index contributed by atoms with van der Waals surface area (Å²) >= 11 is 0. The Hall–Kier alpha value is -1.55. The Labute approximate surface area is 127 Å². The summed E-state index contributed by atoms with van der Waals surface area (Å²) in [5.41, 5.74) is -0.382. The average molecular weight is 290 g/mol. The maximum Gasteiger partial charge on any atom is 0.242 e. The van der Waals surface area contributed by atoms with Gasteiger partial charge in [-0.3, -0.25) is 4.79 Å². The molecule has 1 amide bonds. The van der Waals surface area contributed by atoms with E-state index < -0.39 is 0 Å². The number of carbonyl (C=O) groups is 1. The lowest BCUT2D eigenvalue weighted by molar-refractivity contribution is -0.137. The molecule has 1 atom stereocenters. The minimum atomic E-state index is -0.382. The number of para-hydroxylation sites is 1. The van der Waals surface area contributed by atoms with Gasteiger partial charge in [0.1, 0.15) is 5.75 Å². The van der Waals surface area contributed by atoms with Gasteiger partial charge in [-0.1, -0.05) is 18.2 Å². The van der Waals surface area contributed by atoms with Gasteiger partial charge in [0.15, 0.2) is 0 Å². The quantitative estimate of drug-likeness (QED) is 0.818. The van der Waals surface area contributed by atoms with E-state index in [4.69, 9.17) is 4.74 Å². The maximum absolute atomic E-state index is 12.5. The average Bonchev–Trinajstić information content (AvgIpc) is 2.52. The van der Waals surface area contributed by atoms with Gasteiger partial charge in [0, 0.05) is 13.6 Å². The third-order valence-electron chi connectivity index (χ3n) is 4.09. The summed E-state index contributed by atoms with van der Waals surface area (Å²) in [4.78, 5) is 14.3. The van der Waals surface area contributed by atoms with Crippen molar-refractivity contribution in [2.45, 2.75) is 38.1 Å². The van der Waals surface area contributed by atoms with Gasteiger partial charge < -0.3 is 15.0 Å². The zero-order chi connectivity index (χ0) is 15.1. The van der Waals surface area contributed by atoms with E-state index >= 15 is 0 Å². The molecule has 0 radical (unpaired) electrons. The molecule has 1 aliphatic heterocycles. The van der Waals surface area contributed by atoms with Crippen LogP contribution in [0, 0.1) is 0 Å². The Bertz CT molecular complexity index is 441. The van der Waals surface area contributed by atoms with Gasteiger partial charge in [-0.2, -0.15) is 0 Å². The Morgan fingerprint density at radius 1 is 1.33 bits per heavy atom. The molecular weight excluding hydrogens is 264 g/mol. The van der Waals surface area contributed by atoms with Crippen LogP contribution in [0.15, 0.2) is 30.3 Å². The molecule has 1 heterocycles. The molecule has 1 N–H and O–H groups in total. The molecule has 1 aliphatic rings. The van der Waals surface area contributed by atoms with Crippen LogP contribution in [0.3, 0.4) is 0 Å². The molecular formula is C17H26N2O2. The number of hydrogen-bond donors (Lipinski definition) is 1. The molecule has 116 valence electrons. The minimum Gasteiger partial charge on any atom is -0.494 e. The fraction of sp³-hybridized carbons (Fsp3) is 0.588. The minimum absolute atomic E-state index is 0.196. The fourth-order valence-electron chi connectivity index (χ4n) is 2.77. The highest BCUT2D eigenvalue weighted by Crippen LogP contribution is 2.20. The lowest BCUT2D eigenvalue weighted by Gasteiger charge is -2.36. The Morgan fingerprint density at radius 3 is 2.76 bits per heavy atom. The lowest BCUT2D eigenvalue weighted by Crippen LogP contribution is -2.57. The van der Waals surface area contributed by atoms with Crippen LogP contribution in [-0.2, 0) is 4.79 Å². The summed E-state index contributed by atoms with van der Waals surface area (Å²) in [6.45, 7) is 4.31. The first-order valence-electron chi connectivity index (χ1n) is 7.80. The number of carbonyl (C=O) groups excluding carboxylic acids is 1. The number of ether oxygens (including phenoxy) is 1. The molecule has 0 aromatic heterocycles. The molecule has 2 rings (SSSR count). The van der Waals surface area contributed by atoms with E-state index in [9.17, 15) is 4.79 Å². The van der Waals surface area contributed by atoms with Gasteiger partial charge >= 0.3 is 0 Å². The number of rotatable bonds is 6. The topological polar surface area (TPSA) is 41.6 Å². The maximum atomic E-state index is 12.5. The first kappa shape index (κ1) is 15.8. The smallest absolute Gasteiger partial charge is 0.242 e. The number of likely N-dealkylation sites (N-methyl/N-ethyl adjacent to an activating group) is 1. The summed E-state index contributed by atoms with van der Waals surface area (Å²) < 4.78 is 5.65. The Balaban J connectivity index is 1.71. The van der Waals surface area contributed by atoms with Gasteiger partial charge in [0.05, 0.1) is 12.1 Å². The molecule has 0 saturated carbocycles. The third kappa shape index (κ3) is 4.46. The lowest BCUT2D eigenvalue weighted by atomic mass is 9.89. The first-order chi connectivity index (χ1) is 10.1. The number of amides is 1. The van der Waals surface area contributed by atoms with Gasteiger partial charge in [-0.25, -0.2) is 0 Å². The van der Waals surface area contributed by atoms with E-state index in [2.05, 4.69) is 5.32 Å². The molecule has 0 bridgehead atoms. The highest BCUT2D eigenvalue weighted by molar-refractivity contribution is 5.85. The Morgan fingerprint density at radius 2 is 2.10 bits per heavy atom. The Kier molecular flexibility index (Phi) is 5.62. The third-order valence-corrected chi connectivity index (χ3v) is 4.09. The zero-order valence-electron chi connectivity index (χ0n) is 13.1. The summed E-state index contributed by atoms with van der Waals surface area (Å²) in [7, 11) is 1.88. The van der Waals surface area contributed by atoms with Crippen molar-refractivity contribution < 1.29 is 9.53 Å². The van der Waals surface area contributed by atoms with Crippen molar-refractivity contribution in [1.82, 2.24) is 10.2 Å². The normalized spacial score (nSPS) is 21.8. The zero-order valence-corrected chi connectivity index (χ0v) is 13.1. The van der Waals surface area contributed by atoms with Gasteiger partial charge in [-0.15, -0.1) is 0 Å². The molecule has 0 aliphatic carbocycles. The van der Waals surface area contributed by atoms with Crippen molar-refractivity contribution in [2.24, 2.45) is 0 Å². The van der Waals surface area contributed by atoms with Crippen molar-refractivity contribution in [3.8, 4) is 5.75 Å². The second kappa shape index (κ2) is 7.46. The molecule has 4 nitrogen and oxygen atoms in total. The molecule has 1 unspecified atom stereocenters. The van der Waals surface area contributed by atoms with E-state index in [1.54, 1.807) is 0 Å². The highest BCUT2D eigenvalue weighted by atomic mass is 16.5. The second-order valence-corrected chi connectivity index (χ2v) is 5.96. The van der Waals surface area contributed by atoms with Crippen LogP contribution in [0.2, 0.25) is 0 Å². The van der Waals surface area contributed by atoms with E-state index in [1.807, 2.05) is 49.2 Å². The number of piperidine rings is 1. The molecule has 1 saturated heterocycles. The predicted octanol–water partition coefficient (Wildman–Crippen LogP) is 2.45. The predicted molar refractivity (Wildman–Crippen MR) is 84.4 cm³/mol. The summed E-state index contributed by atoms with van der Waals surface area (Å²) in [5.74, 6) is 1.08. The highest BCUT2D eigenvalue weighted by Gasteiger charge is 2.35. The van der Waals surface area contributed by atoms with Crippen molar-refractivity contribution in [3.05, 3.63) is 30.3 Å². The molecule has 0 spiro atoms. The van der Waals surface area contributed by atoms with Crippen LogP contribution in [0.4, 0.5) is 0 Å². The van der Waals surface area contributed by atoms with E-state index in [1.165, 1.54) is 0 Å². The fourth-order valence-corrected chi connectivity index (χ4v) is 2.77. The first-order valence-corrected chi connectivity index (χ1v) is 7.80. The van der Waals surface area contributed by atoms with Gasteiger partial charge in [-0.05, 0) is 51.3 Å². The number of hydrogen-bond acceptors (Lipinski definition) is 3. The number of nitrogens with zero attached hydrogens (tertiary/aromatic N) is 1. The van der Waals surface area contributed by atoms with Crippen LogP contribution in [-0.4, -0.2) is 43.1 Å². The number of benzene rings is 1. The molecule has 4 heteroatoms. The number of nitrogens with one attached hydrogen (secondary N) is 1. The van der Waals surface area contributed by atoms with Gasteiger partial charge in [0.2, 0.25) is 5.91 Å². The molecule has 1 fully saturated rings. The summed E-state index contributed by atoms with van der Waals surface area (Å²) in [6.07, 6.45) is 4.06. The van der Waals surface area contributed by atoms with Crippen LogP contribution in [0.25, 0.3) is 0 Å². The van der Waals surface area contributed by atoms with Crippen LogP contribution in [0.1, 0.15) is 32.6 Å². The van der Waals surface area contributed by atoms with Crippen LogP contribution < -0.4 is 10.1 Å². The second-order valence-electron chi connectivity index (χ2n) is 5.96. The van der Waals surface area contributed by atoms with E-state index in [-0.39, 0.29) is 11.4 Å². The summed E-state index contributed by atoms with van der Waals surface area (Å²) in [5, 5.41) is 3.37. The monoisotopic (exact) mass is 290 g/mol. The van der Waals surface area contributed by atoms with Crippen molar-refractivity contribution >= 4 is 5.91 Å². The molecule has 21 heavy (non-hydrogen) atoms. The van der Waals surface area contributed by atoms with Crippen molar-refractivity contribution in [3.63, 3.8) is 0 Å². The van der Waals surface area contributed by atoms with E-state index in [0.29, 0.717) is 6.61 Å². The van der Waals surface area contributed by atoms with E-state index in [0.717, 1.165) is 44.5 Å². The molecule has 1 aromatic carbocycles. The van der Waals surface area contributed by atoms with Crippen LogP contribution in [0.5, 0.6) is 5.75 Å². The van der Waals surface area contributed by atoms with Crippen molar-refractivity contribution in [1.29, 1.82) is 0 Å². The van der Waals surface area contributed by atoms with Gasteiger partial charge in [0.25, 0.3) is 0 Å². The largest absolute Gasteiger partial charge is 0.494 e. The van der Waals surface area contributed by atoms with Crippen LogP contribution >= 0.6 is 0 Å². The van der Waals surface area contributed by atoms with Crippen molar-refractivity contribution in [2.75, 3.05) is 26.7 Å². The standard InChI is InChI=1S/C17H26N2O2/c1-17(11-6-7-12-18-17)16(20)19(2)13-8-14-21-15-9-4-3-5-10-15/h3-5,9-10,18H,6-8,11-14H2,1-2H3. The summed E-state index contributed by atoms with van der Waals surface area (Å²) in [6, 6.07) is 9.78.